The molecular formula is C19H22BrN3O3. The van der Waals surface area contributed by atoms with Gasteiger partial charge in [-0.15, -0.1) is 0 Å². The zero-order chi connectivity index (χ0) is 18.7. The standard InChI is InChI=1S/C19H22BrN3O3/c1-13-11-15(4-5-16(13)20)21-18(24)12-22-7-9-23(10-8-22)19(25)17-6-3-14(2)26-17/h3-6,11H,7-10,12H2,1-2H3,(H,21,24). The molecule has 7 heteroatoms. The lowest BCUT2D eigenvalue weighted by atomic mass is 10.2. The number of carbonyl (C=O) groups is 2. The van der Waals surface area contributed by atoms with Crippen LogP contribution in [0.5, 0.6) is 0 Å². The van der Waals surface area contributed by atoms with Gasteiger partial charge in [0.1, 0.15) is 5.76 Å². The largest absolute Gasteiger partial charge is 0.456 e. The van der Waals surface area contributed by atoms with E-state index in [2.05, 4.69) is 26.1 Å². The van der Waals surface area contributed by atoms with Gasteiger partial charge >= 0.3 is 0 Å². The maximum absolute atomic E-state index is 12.4. The van der Waals surface area contributed by atoms with Gasteiger partial charge in [0.2, 0.25) is 5.91 Å². The lowest BCUT2D eigenvalue weighted by Crippen LogP contribution is -2.50. The molecule has 2 aromatic rings. The minimum absolute atomic E-state index is 0.0480. The SMILES string of the molecule is Cc1ccc(C(=O)N2CCN(CC(=O)Nc3ccc(Br)c(C)c3)CC2)o1. The molecule has 0 bridgehead atoms. The smallest absolute Gasteiger partial charge is 0.289 e. The zero-order valence-electron chi connectivity index (χ0n) is 14.9. The average Bonchev–Trinajstić information content (AvgIpc) is 3.04. The lowest BCUT2D eigenvalue weighted by molar-refractivity contribution is -0.117. The molecule has 138 valence electrons. The van der Waals surface area contributed by atoms with E-state index >= 15 is 0 Å². The van der Waals surface area contributed by atoms with Crippen LogP contribution in [0.3, 0.4) is 0 Å². The van der Waals surface area contributed by atoms with E-state index in [4.69, 9.17) is 4.42 Å². The third-order valence-electron chi connectivity index (χ3n) is 4.42. The summed E-state index contributed by atoms with van der Waals surface area (Å²) >= 11 is 3.45. The van der Waals surface area contributed by atoms with Crippen molar-refractivity contribution in [3.63, 3.8) is 0 Å². The fourth-order valence-electron chi connectivity index (χ4n) is 2.94. The molecule has 1 aromatic carbocycles. The number of hydrogen-bond acceptors (Lipinski definition) is 4. The molecular weight excluding hydrogens is 398 g/mol. The highest BCUT2D eigenvalue weighted by Gasteiger charge is 2.25. The molecule has 2 amide bonds. The zero-order valence-corrected chi connectivity index (χ0v) is 16.5. The normalized spacial score (nSPS) is 15.1. The molecule has 0 atom stereocenters. The number of hydrogen-bond donors (Lipinski definition) is 1. The molecule has 1 fully saturated rings. The predicted molar refractivity (Wildman–Crippen MR) is 103 cm³/mol. The Balaban J connectivity index is 1.48. The Hall–Kier alpha value is -2.12. The van der Waals surface area contributed by atoms with Gasteiger partial charge in [0.05, 0.1) is 6.54 Å². The minimum atomic E-state index is -0.0902. The molecule has 26 heavy (non-hydrogen) atoms. The van der Waals surface area contributed by atoms with E-state index in [-0.39, 0.29) is 11.8 Å². The summed E-state index contributed by atoms with van der Waals surface area (Å²) < 4.78 is 6.42. The number of piperazine rings is 1. The second kappa shape index (κ2) is 8.05. The molecule has 1 aromatic heterocycles. The number of amides is 2. The number of rotatable bonds is 4. The summed E-state index contributed by atoms with van der Waals surface area (Å²) in [7, 11) is 0. The van der Waals surface area contributed by atoms with Crippen LogP contribution >= 0.6 is 15.9 Å². The van der Waals surface area contributed by atoms with E-state index in [1.807, 2.05) is 32.0 Å². The summed E-state index contributed by atoms with van der Waals surface area (Å²) in [5, 5.41) is 2.92. The number of benzene rings is 1. The molecule has 1 aliphatic heterocycles. The van der Waals surface area contributed by atoms with Gasteiger partial charge in [-0.25, -0.2) is 0 Å². The first-order valence-electron chi connectivity index (χ1n) is 8.56. The summed E-state index contributed by atoms with van der Waals surface area (Å²) in [5.74, 6) is 0.965. The molecule has 1 aliphatic rings. The Labute approximate surface area is 161 Å². The van der Waals surface area contributed by atoms with Crippen LogP contribution in [-0.2, 0) is 4.79 Å². The average molecular weight is 420 g/mol. The van der Waals surface area contributed by atoms with Gasteiger partial charge in [-0.1, -0.05) is 15.9 Å². The number of nitrogens with zero attached hydrogens (tertiary/aromatic N) is 2. The van der Waals surface area contributed by atoms with Crippen molar-refractivity contribution in [1.82, 2.24) is 9.80 Å². The third-order valence-corrected chi connectivity index (χ3v) is 5.31. The number of aryl methyl sites for hydroxylation is 2. The first-order chi connectivity index (χ1) is 12.4. The molecule has 1 N–H and O–H groups in total. The quantitative estimate of drug-likeness (QED) is 0.826. The van der Waals surface area contributed by atoms with E-state index in [1.165, 1.54) is 0 Å². The maximum atomic E-state index is 12.4. The predicted octanol–water partition coefficient (Wildman–Crippen LogP) is 3.06. The maximum Gasteiger partial charge on any atom is 0.289 e. The molecule has 0 spiro atoms. The van der Waals surface area contributed by atoms with Gasteiger partial charge in [-0.2, -0.15) is 0 Å². The number of furan rings is 1. The molecule has 0 radical (unpaired) electrons. The fraction of sp³-hybridized carbons (Fsp3) is 0.368. The van der Waals surface area contributed by atoms with Crippen LogP contribution in [0.1, 0.15) is 21.9 Å². The first-order valence-corrected chi connectivity index (χ1v) is 9.36. The van der Waals surface area contributed by atoms with E-state index in [9.17, 15) is 9.59 Å². The van der Waals surface area contributed by atoms with Crippen molar-refractivity contribution in [2.75, 3.05) is 38.0 Å². The second-order valence-electron chi connectivity index (χ2n) is 6.49. The van der Waals surface area contributed by atoms with E-state index in [1.54, 1.807) is 17.0 Å². The van der Waals surface area contributed by atoms with Crippen molar-refractivity contribution >= 4 is 33.4 Å². The van der Waals surface area contributed by atoms with Gasteiger partial charge in [-0.3, -0.25) is 14.5 Å². The number of halogens is 1. The summed E-state index contributed by atoms with van der Waals surface area (Å²) in [5.41, 5.74) is 1.86. The summed E-state index contributed by atoms with van der Waals surface area (Å²) in [6.07, 6.45) is 0. The molecule has 0 saturated carbocycles. The Morgan fingerprint density at radius 3 is 2.46 bits per heavy atom. The Kier molecular flexibility index (Phi) is 5.78. The van der Waals surface area contributed by atoms with Crippen LogP contribution in [0.4, 0.5) is 5.69 Å². The van der Waals surface area contributed by atoms with Crippen LogP contribution in [-0.4, -0.2) is 54.3 Å². The van der Waals surface area contributed by atoms with Crippen LogP contribution in [0.2, 0.25) is 0 Å². The lowest BCUT2D eigenvalue weighted by Gasteiger charge is -2.33. The van der Waals surface area contributed by atoms with Gasteiger partial charge in [0, 0.05) is 36.3 Å². The topological polar surface area (TPSA) is 65.8 Å². The van der Waals surface area contributed by atoms with Crippen molar-refractivity contribution in [3.8, 4) is 0 Å². The molecule has 0 aliphatic carbocycles. The number of carbonyl (C=O) groups excluding carboxylic acids is 2. The highest BCUT2D eigenvalue weighted by atomic mass is 79.9. The van der Waals surface area contributed by atoms with Crippen molar-refractivity contribution in [1.29, 1.82) is 0 Å². The van der Waals surface area contributed by atoms with Crippen LogP contribution in [0.15, 0.2) is 39.2 Å². The Morgan fingerprint density at radius 1 is 1.12 bits per heavy atom. The van der Waals surface area contributed by atoms with Gasteiger partial charge in [-0.05, 0) is 49.7 Å². The van der Waals surface area contributed by atoms with E-state index < -0.39 is 0 Å². The van der Waals surface area contributed by atoms with E-state index in [0.29, 0.717) is 38.5 Å². The van der Waals surface area contributed by atoms with Crippen LogP contribution in [0, 0.1) is 13.8 Å². The molecule has 1 saturated heterocycles. The Bertz CT molecular complexity index is 810. The second-order valence-corrected chi connectivity index (χ2v) is 7.35. The highest BCUT2D eigenvalue weighted by Crippen LogP contribution is 2.20. The number of nitrogens with one attached hydrogen (secondary N) is 1. The van der Waals surface area contributed by atoms with Crippen LogP contribution in [0.25, 0.3) is 0 Å². The molecule has 6 nitrogen and oxygen atoms in total. The van der Waals surface area contributed by atoms with Gasteiger partial charge in [0.15, 0.2) is 5.76 Å². The van der Waals surface area contributed by atoms with Crippen molar-refractivity contribution in [2.45, 2.75) is 13.8 Å². The molecule has 0 unspecified atom stereocenters. The van der Waals surface area contributed by atoms with Gasteiger partial charge < -0.3 is 14.6 Å². The van der Waals surface area contributed by atoms with Crippen LogP contribution < -0.4 is 5.32 Å². The van der Waals surface area contributed by atoms with Gasteiger partial charge in [0.25, 0.3) is 5.91 Å². The minimum Gasteiger partial charge on any atom is -0.456 e. The number of anilines is 1. The van der Waals surface area contributed by atoms with E-state index in [0.717, 1.165) is 21.5 Å². The fourth-order valence-corrected chi connectivity index (χ4v) is 3.19. The third kappa shape index (κ3) is 4.53. The van der Waals surface area contributed by atoms with Crippen molar-refractivity contribution in [3.05, 3.63) is 51.9 Å². The monoisotopic (exact) mass is 419 g/mol. The van der Waals surface area contributed by atoms with Crippen molar-refractivity contribution < 1.29 is 14.0 Å². The highest BCUT2D eigenvalue weighted by molar-refractivity contribution is 9.10. The summed E-state index contributed by atoms with van der Waals surface area (Å²) in [4.78, 5) is 28.5. The summed E-state index contributed by atoms with van der Waals surface area (Å²) in [6, 6.07) is 9.22. The summed E-state index contributed by atoms with van der Waals surface area (Å²) in [6.45, 7) is 6.62. The first kappa shape index (κ1) is 18.7. The molecule has 3 rings (SSSR count). The van der Waals surface area contributed by atoms with Crippen molar-refractivity contribution in [2.24, 2.45) is 0 Å². The molecule has 2 heterocycles. The Morgan fingerprint density at radius 2 is 1.85 bits per heavy atom.